The number of furan rings is 1. The lowest BCUT2D eigenvalue weighted by Crippen LogP contribution is -2.33. The monoisotopic (exact) mass is 277 g/mol. The van der Waals surface area contributed by atoms with E-state index in [0.29, 0.717) is 12.5 Å². The summed E-state index contributed by atoms with van der Waals surface area (Å²) in [4.78, 5) is 0. The van der Waals surface area contributed by atoms with E-state index in [-0.39, 0.29) is 12.6 Å². The van der Waals surface area contributed by atoms with Crippen LogP contribution in [0.15, 0.2) is 28.7 Å². The van der Waals surface area contributed by atoms with Crippen molar-refractivity contribution in [3.05, 3.63) is 30.0 Å². The fourth-order valence-corrected chi connectivity index (χ4v) is 2.33. The largest absolute Gasteiger partial charge is 0.497 e. The van der Waals surface area contributed by atoms with E-state index < -0.39 is 0 Å². The topological polar surface area (TPSA) is 54.6 Å². The molecule has 1 aromatic heterocycles. The summed E-state index contributed by atoms with van der Waals surface area (Å²) >= 11 is 0. The molecule has 0 aliphatic heterocycles. The highest BCUT2D eigenvalue weighted by Crippen LogP contribution is 2.24. The summed E-state index contributed by atoms with van der Waals surface area (Å²) in [5.74, 6) is 2.25. The molecule has 0 aliphatic carbocycles. The molecule has 2 aromatic rings. The average molecular weight is 277 g/mol. The minimum absolute atomic E-state index is 0.109. The van der Waals surface area contributed by atoms with Crippen molar-refractivity contribution in [2.45, 2.75) is 32.9 Å². The Morgan fingerprint density at radius 3 is 2.75 bits per heavy atom. The average Bonchev–Trinajstić information content (AvgIpc) is 2.84. The van der Waals surface area contributed by atoms with Crippen molar-refractivity contribution in [3.8, 4) is 5.75 Å². The third-order valence-corrected chi connectivity index (χ3v) is 3.32. The summed E-state index contributed by atoms with van der Waals surface area (Å²) in [6.07, 6.45) is 0.949. The number of fused-ring (bicyclic) bond motifs is 1. The third kappa shape index (κ3) is 3.74. The van der Waals surface area contributed by atoms with E-state index in [2.05, 4.69) is 19.2 Å². The second-order valence-electron chi connectivity index (χ2n) is 5.51. The molecule has 1 unspecified atom stereocenters. The van der Waals surface area contributed by atoms with Gasteiger partial charge in [-0.25, -0.2) is 0 Å². The highest BCUT2D eigenvalue weighted by atomic mass is 16.5. The molecule has 1 heterocycles. The quantitative estimate of drug-likeness (QED) is 0.817. The molecule has 20 heavy (non-hydrogen) atoms. The van der Waals surface area contributed by atoms with E-state index in [1.807, 2.05) is 24.3 Å². The van der Waals surface area contributed by atoms with Crippen LogP contribution >= 0.6 is 0 Å². The minimum Gasteiger partial charge on any atom is -0.497 e. The van der Waals surface area contributed by atoms with Crippen LogP contribution in [0.5, 0.6) is 5.75 Å². The van der Waals surface area contributed by atoms with Gasteiger partial charge in [0, 0.05) is 11.4 Å². The van der Waals surface area contributed by atoms with Gasteiger partial charge in [0.2, 0.25) is 0 Å². The lowest BCUT2D eigenvalue weighted by Gasteiger charge is -2.17. The first-order valence-electron chi connectivity index (χ1n) is 7.03. The van der Waals surface area contributed by atoms with Gasteiger partial charge in [0.25, 0.3) is 0 Å². The number of aliphatic hydroxyl groups excluding tert-OH is 1. The maximum Gasteiger partial charge on any atom is 0.134 e. The zero-order valence-electron chi connectivity index (χ0n) is 12.3. The standard InChI is InChI=1S/C16H23NO3/c1-11(2)6-13(10-18)17-9-15-8-12-7-14(19-3)4-5-16(12)20-15/h4-5,7-8,11,13,17-18H,6,9-10H2,1-3H3. The molecule has 110 valence electrons. The molecule has 1 aromatic carbocycles. The van der Waals surface area contributed by atoms with E-state index in [1.165, 1.54) is 0 Å². The normalized spacial score (nSPS) is 13.1. The van der Waals surface area contributed by atoms with E-state index in [4.69, 9.17) is 9.15 Å². The van der Waals surface area contributed by atoms with Crippen molar-refractivity contribution in [2.75, 3.05) is 13.7 Å². The van der Waals surface area contributed by atoms with E-state index >= 15 is 0 Å². The lowest BCUT2D eigenvalue weighted by atomic mass is 10.0. The van der Waals surface area contributed by atoms with Gasteiger partial charge < -0.3 is 19.6 Å². The molecule has 1 atom stereocenters. The molecule has 0 saturated heterocycles. The maximum atomic E-state index is 9.35. The van der Waals surface area contributed by atoms with Crippen LogP contribution in [0, 0.1) is 5.92 Å². The van der Waals surface area contributed by atoms with Crippen LogP contribution in [-0.2, 0) is 6.54 Å². The summed E-state index contributed by atoms with van der Waals surface area (Å²) in [6.45, 7) is 5.07. The predicted molar refractivity (Wildman–Crippen MR) is 79.9 cm³/mol. The zero-order valence-corrected chi connectivity index (χ0v) is 12.3. The summed E-state index contributed by atoms with van der Waals surface area (Å²) in [5, 5.41) is 13.7. The molecular weight excluding hydrogens is 254 g/mol. The second-order valence-corrected chi connectivity index (χ2v) is 5.51. The van der Waals surface area contributed by atoms with Gasteiger partial charge in [-0.1, -0.05) is 13.8 Å². The SMILES string of the molecule is COc1ccc2oc(CNC(CO)CC(C)C)cc2c1. The van der Waals surface area contributed by atoms with Crippen molar-refractivity contribution >= 4 is 11.0 Å². The van der Waals surface area contributed by atoms with E-state index in [1.54, 1.807) is 7.11 Å². The number of nitrogens with one attached hydrogen (secondary N) is 1. The zero-order chi connectivity index (χ0) is 14.5. The van der Waals surface area contributed by atoms with Gasteiger partial charge in [-0.15, -0.1) is 0 Å². The first kappa shape index (κ1) is 14.9. The van der Waals surface area contributed by atoms with Crippen molar-refractivity contribution in [2.24, 2.45) is 5.92 Å². The molecule has 0 bridgehead atoms. The van der Waals surface area contributed by atoms with Crippen LogP contribution in [-0.4, -0.2) is 24.9 Å². The summed E-state index contributed by atoms with van der Waals surface area (Å²) in [6, 6.07) is 7.88. The highest BCUT2D eigenvalue weighted by molar-refractivity contribution is 5.79. The van der Waals surface area contributed by atoms with Crippen LogP contribution in [0.25, 0.3) is 11.0 Å². The van der Waals surface area contributed by atoms with Gasteiger partial charge in [0.05, 0.1) is 20.3 Å². The minimum atomic E-state index is 0.109. The predicted octanol–water partition coefficient (Wildman–Crippen LogP) is 2.94. The molecule has 4 heteroatoms. The Morgan fingerprint density at radius 2 is 2.10 bits per heavy atom. The fraction of sp³-hybridized carbons (Fsp3) is 0.500. The van der Waals surface area contributed by atoms with Gasteiger partial charge >= 0.3 is 0 Å². The van der Waals surface area contributed by atoms with Crippen molar-refractivity contribution in [1.82, 2.24) is 5.32 Å². The van der Waals surface area contributed by atoms with Gasteiger partial charge in [-0.3, -0.25) is 0 Å². The Kier molecular flexibility index (Phi) is 5.04. The smallest absolute Gasteiger partial charge is 0.134 e. The Labute approximate surface area is 119 Å². The van der Waals surface area contributed by atoms with Gasteiger partial charge in [0.15, 0.2) is 0 Å². The number of benzene rings is 1. The van der Waals surface area contributed by atoms with Crippen LogP contribution in [0.1, 0.15) is 26.0 Å². The molecule has 0 amide bonds. The van der Waals surface area contributed by atoms with Crippen molar-refractivity contribution in [3.63, 3.8) is 0 Å². The van der Waals surface area contributed by atoms with Crippen LogP contribution in [0.4, 0.5) is 0 Å². The highest BCUT2D eigenvalue weighted by Gasteiger charge is 2.11. The number of hydrogen-bond donors (Lipinski definition) is 2. The Bertz CT molecular complexity index is 548. The molecule has 0 spiro atoms. The molecule has 0 fully saturated rings. The second kappa shape index (κ2) is 6.77. The number of rotatable bonds is 7. The molecular formula is C16H23NO3. The molecule has 2 N–H and O–H groups in total. The maximum absolute atomic E-state index is 9.35. The van der Waals surface area contributed by atoms with Crippen LogP contribution in [0.3, 0.4) is 0 Å². The fourth-order valence-electron chi connectivity index (χ4n) is 2.33. The molecule has 0 aliphatic rings. The van der Waals surface area contributed by atoms with Gasteiger partial charge in [-0.05, 0) is 36.6 Å². The number of aliphatic hydroxyl groups is 1. The number of methoxy groups -OCH3 is 1. The number of hydrogen-bond acceptors (Lipinski definition) is 4. The Hall–Kier alpha value is -1.52. The first-order chi connectivity index (χ1) is 9.62. The van der Waals surface area contributed by atoms with Gasteiger partial charge in [-0.2, -0.15) is 0 Å². The van der Waals surface area contributed by atoms with Crippen molar-refractivity contribution in [1.29, 1.82) is 0 Å². The lowest BCUT2D eigenvalue weighted by molar-refractivity contribution is 0.221. The molecule has 0 saturated carbocycles. The third-order valence-electron chi connectivity index (χ3n) is 3.32. The van der Waals surface area contributed by atoms with E-state index in [9.17, 15) is 5.11 Å². The Balaban J connectivity index is 2.02. The Morgan fingerprint density at radius 1 is 1.30 bits per heavy atom. The van der Waals surface area contributed by atoms with Crippen LogP contribution in [0.2, 0.25) is 0 Å². The molecule has 0 radical (unpaired) electrons. The van der Waals surface area contributed by atoms with Gasteiger partial charge in [0.1, 0.15) is 17.1 Å². The molecule has 2 rings (SSSR count). The first-order valence-corrected chi connectivity index (χ1v) is 7.03. The number of ether oxygens (including phenoxy) is 1. The van der Waals surface area contributed by atoms with Crippen LogP contribution < -0.4 is 10.1 Å². The summed E-state index contributed by atoms with van der Waals surface area (Å²) < 4.78 is 11.0. The molecule has 4 nitrogen and oxygen atoms in total. The summed E-state index contributed by atoms with van der Waals surface area (Å²) in [7, 11) is 1.65. The van der Waals surface area contributed by atoms with E-state index in [0.717, 1.165) is 28.9 Å². The van der Waals surface area contributed by atoms with Crippen molar-refractivity contribution < 1.29 is 14.3 Å². The summed E-state index contributed by atoms with van der Waals surface area (Å²) in [5.41, 5.74) is 0.854.